The zero-order valence-electron chi connectivity index (χ0n) is 20.9. The summed E-state index contributed by atoms with van der Waals surface area (Å²) in [4.78, 5) is 35.7. The third kappa shape index (κ3) is 6.52. The number of rotatable bonds is 8. The molecule has 0 spiro atoms. The highest BCUT2D eigenvalue weighted by atomic mass is 35.5. The van der Waals surface area contributed by atoms with Gasteiger partial charge in [0.1, 0.15) is 0 Å². The van der Waals surface area contributed by atoms with Crippen molar-refractivity contribution >= 4 is 29.0 Å². The van der Waals surface area contributed by atoms with Crippen LogP contribution >= 0.6 is 11.6 Å². The number of carbonyl (C=O) groups is 2. The van der Waals surface area contributed by atoms with Gasteiger partial charge in [0.15, 0.2) is 11.5 Å². The Labute approximate surface area is 219 Å². The van der Waals surface area contributed by atoms with Gasteiger partial charge in [0.2, 0.25) is 0 Å². The molecule has 7 nitrogen and oxygen atoms in total. The van der Waals surface area contributed by atoms with E-state index in [-0.39, 0.29) is 22.3 Å². The Hall–Kier alpha value is -2.88. The number of ketones is 1. The highest BCUT2D eigenvalue weighted by molar-refractivity contribution is 6.34. The molecule has 2 saturated carbocycles. The maximum atomic E-state index is 14.2. The molecule has 0 aromatic carbocycles. The van der Waals surface area contributed by atoms with Crippen molar-refractivity contribution in [3.63, 3.8) is 0 Å². The Morgan fingerprint density at radius 3 is 2.41 bits per heavy atom. The molecule has 0 aliphatic heterocycles. The van der Waals surface area contributed by atoms with Crippen LogP contribution in [0.5, 0.6) is 0 Å². The van der Waals surface area contributed by atoms with Crippen molar-refractivity contribution in [3.8, 4) is 0 Å². The van der Waals surface area contributed by atoms with Crippen LogP contribution in [0.1, 0.15) is 62.7 Å². The minimum atomic E-state index is -4.95. The van der Waals surface area contributed by atoms with E-state index in [0.29, 0.717) is 38.3 Å². The van der Waals surface area contributed by atoms with Crippen LogP contribution in [0.25, 0.3) is 0 Å². The predicted molar refractivity (Wildman–Crippen MR) is 135 cm³/mol. The monoisotopic (exact) mass is 540 g/mol. The molecule has 11 heteroatoms. The SMILES string of the molecule is C=C(O)C1CCC(N=C(C(=CN)C(=O)N(CC(=O)c2ccncc2Cl)C2CCC2(C)C)C(F)(F)F)CC1. The molecule has 0 saturated heterocycles. The average Bonchev–Trinajstić information content (AvgIpc) is 2.82. The topological polar surface area (TPSA) is 109 Å². The van der Waals surface area contributed by atoms with Gasteiger partial charge < -0.3 is 15.7 Å². The lowest BCUT2D eigenvalue weighted by Gasteiger charge is -2.50. The molecule has 1 unspecified atom stereocenters. The van der Waals surface area contributed by atoms with E-state index in [1.165, 1.54) is 18.5 Å². The summed E-state index contributed by atoms with van der Waals surface area (Å²) in [5, 5.41) is 9.69. The normalized spacial score (nSPS) is 24.2. The Morgan fingerprint density at radius 1 is 1.30 bits per heavy atom. The number of amides is 1. The van der Waals surface area contributed by atoms with Crippen LogP contribution in [-0.4, -0.2) is 57.2 Å². The van der Waals surface area contributed by atoms with Crippen molar-refractivity contribution in [2.45, 2.75) is 70.6 Å². The fraction of sp³-hybridized carbons (Fsp3) is 0.538. The van der Waals surface area contributed by atoms with Crippen LogP contribution < -0.4 is 5.73 Å². The summed E-state index contributed by atoms with van der Waals surface area (Å²) in [5.41, 5.74) is 3.18. The molecule has 1 aromatic heterocycles. The molecule has 2 fully saturated rings. The summed E-state index contributed by atoms with van der Waals surface area (Å²) in [7, 11) is 0. The van der Waals surface area contributed by atoms with Gasteiger partial charge in [-0.3, -0.25) is 19.6 Å². The second kappa shape index (κ2) is 11.2. The van der Waals surface area contributed by atoms with E-state index in [2.05, 4.69) is 16.6 Å². The van der Waals surface area contributed by atoms with E-state index in [1.807, 2.05) is 13.8 Å². The van der Waals surface area contributed by atoms with Crippen molar-refractivity contribution in [2.75, 3.05) is 6.54 Å². The van der Waals surface area contributed by atoms with Crippen molar-refractivity contribution in [3.05, 3.63) is 53.2 Å². The maximum Gasteiger partial charge on any atom is 0.433 e. The molecule has 0 radical (unpaired) electrons. The summed E-state index contributed by atoms with van der Waals surface area (Å²) >= 11 is 6.10. The van der Waals surface area contributed by atoms with Gasteiger partial charge in [-0.15, -0.1) is 0 Å². The second-order valence-corrected chi connectivity index (χ2v) is 10.7. The molecular formula is C26H32ClF3N4O3. The molecular weight excluding hydrogens is 509 g/mol. The molecule has 2 aliphatic carbocycles. The minimum absolute atomic E-state index is 0.00826. The Morgan fingerprint density at radius 2 is 1.95 bits per heavy atom. The van der Waals surface area contributed by atoms with Gasteiger partial charge in [0.25, 0.3) is 5.91 Å². The lowest BCUT2D eigenvalue weighted by Crippen LogP contribution is -2.57. The van der Waals surface area contributed by atoms with Gasteiger partial charge in [-0.1, -0.05) is 32.0 Å². The Bertz CT molecular complexity index is 1110. The van der Waals surface area contributed by atoms with E-state index >= 15 is 0 Å². The van der Waals surface area contributed by atoms with Crippen molar-refractivity contribution in [1.29, 1.82) is 0 Å². The van der Waals surface area contributed by atoms with Gasteiger partial charge in [-0.05, 0) is 50.0 Å². The summed E-state index contributed by atoms with van der Waals surface area (Å²) in [6.45, 7) is 6.82. The molecule has 1 atom stereocenters. The van der Waals surface area contributed by atoms with E-state index in [4.69, 9.17) is 17.3 Å². The molecule has 1 aromatic rings. The summed E-state index contributed by atoms with van der Waals surface area (Å²) in [5.74, 6) is -1.71. The van der Waals surface area contributed by atoms with E-state index in [9.17, 15) is 27.9 Å². The maximum absolute atomic E-state index is 14.2. The molecule has 3 rings (SSSR count). The van der Waals surface area contributed by atoms with E-state index in [1.54, 1.807) is 0 Å². The molecule has 1 amide bonds. The number of Topliss-reactive ketones (excluding diaryl/α,β-unsaturated/α-hetero) is 1. The highest BCUT2D eigenvalue weighted by Crippen LogP contribution is 2.44. The summed E-state index contributed by atoms with van der Waals surface area (Å²) in [6.07, 6.45) is 1.09. The first-order chi connectivity index (χ1) is 17.3. The van der Waals surface area contributed by atoms with E-state index in [0.717, 1.165) is 11.3 Å². The zero-order chi connectivity index (χ0) is 27.5. The third-order valence-corrected chi connectivity index (χ3v) is 7.69. The van der Waals surface area contributed by atoms with Gasteiger partial charge in [0.05, 0.1) is 28.9 Å². The summed E-state index contributed by atoms with van der Waals surface area (Å²) in [6, 6.07) is 0.236. The molecule has 0 bridgehead atoms. The van der Waals surface area contributed by atoms with Crippen molar-refractivity contribution in [1.82, 2.24) is 9.88 Å². The first kappa shape index (κ1) is 28.7. The summed E-state index contributed by atoms with van der Waals surface area (Å²) < 4.78 is 42.7. The van der Waals surface area contributed by atoms with Crippen LogP contribution in [0.4, 0.5) is 13.2 Å². The quantitative estimate of drug-likeness (QED) is 0.198. The number of aliphatic hydroxyl groups is 1. The van der Waals surface area contributed by atoms with Gasteiger partial charge in [-0.25, -0.2) is 0 Å². The van der Waals surface area contributed by atoms with Crippen LogP contribution in [0.2, 0.25) is 5.02 Å². The molecule has 202 valence electrons. The van der Waals surface area contributed by atoms with Gasteiger partial charge >= 0.3 is 6.18 Å². The van der Waals surface area contributed by atoms with Gasteiger partial charge in [-0.2, -0.15) is 13.2 Å². The zero-order valence-corrected chi connectivity index (χ0v) is 21.6. The van der Waals surface area contributed by atoms with Crippen molar-refractivity contribution in [2.24, 2.45) is 22.1 Å². The lowest BCUT2D eigenvalue weighted by atomic mass is 9.66. The number of alkyl halides is 3. The second-order valence-electron chi connectivity index (χ2n) is 10.3. The predicted octanol–water partition coefficient (Wildman–Crippen LogP) is 5.41. The Kier molecular flexibility index (Phi) is 8.72. The van der Waals surface area contributed by atoms with Crippen LogP contribution in [0.15, 0.2) is 47.6 Å². The minimum Gasteiger partial charge on any atom is -0.513 e. The number of aromatic nitrogens is 1. The fourth-order valence-corrected chi connectivity index (χ4v) is 5.24. The number of hydrogen-bond donors (Lipinski definition) is 2. The fourth-order valence-electron chi connectivity index (χ4n) is 5.02. The van der Waals surface area contributed by atoms with Crippen LogP contribution in [-0.2, 0) is 4.79 Å². The number of pyridine rings is 1. The smallest absolute Gasteiger partial charge is 0.433 e. The lowest BCUT2D eigenvalue weighted by molar-refractivity contribution is -0.135. The van der Waals surface area contributed by atoms with Crippen molar-refractivity contribution < 1.29 is 27.9 Å². The standard InChI is InChI=1S/C26H32ClF3N4O3/c1-15(35)16-4-6-17(7-5-16)33-23(26(28,29)30)19(12-31)24(37)34(22-8-10-25(22,2)3)14-21(36)18-9-11-32-13-20(18)27/h9,11-13,16-17,22,35H,1,4-8,10,14,31H2,2-3H3. The first-order valence-corrected chi connectivity index (χ1v) is 12.5. The molecule has 37 heavy (non-hydrogen) atoms. The molecule has 1 heterocycles. The highest BCUT2D eigenvalue weighted by Gasteiger charge is 2.48. The third-order valence-electron chi connectivity index (χ3n) is 7.39. The van der Waals surface area contributed by atoms with Crippen LogP contribution in [0.3, 0.4) is 0 Å². The Balaban J connectivity index is 1.94. The number of halogens is 4. The number of allylic oxidation sites excluding steroid dienone is 1. The number of hydrogen-bond acceptors (Lipinski definition) is 6. The molecule has 2 aliphatic rings. The number of nitrogens with two attached hydrogens (primary N) is 1. The number of aliphatic hydroxyl groups excluding tert-OH is 1. The number of aliphatic imine (C=N–C) groups is 1. The van der Waals surface area contributed by atoms with Crippen LogP contribution in [0, 0.1) is 11.3 Å². The average molecular weight is 541 g/mol. The van der Waals surface area contributed by atoms with Gasteiger partial charge in [0, 0.05) is 36.1 Å². The largest absolute Gasteiger partial charge is 0.513 e. The molecule has 3 N–H and O–H groups in total. The van der Waals surface area contributed by atoms with E-state index < -0.39 is 53.2 Å². The number of carbonyl (C=O) groups excluding carboxylic acids is 2. The number of nitrogens with zero attached hydrogens (tertiary/aromatic N) is 3. The first-order valence-electron chi connectivity index (χ1n) is 12.1.